The van der Waals surface area contributed by atoms with Crippen LogP contribution < -0.4 is 14.8 Å². The van der Waals surface area contributed by atoms with Crippen molar-refractivity contribution in [3.05, 3.63) is 48.3 Å². The first-order valence-corrected chi connectivity index (χ1v) is 7.77. The zero-order valence-electron chi connectivity index (χ0n) is 11.2. The van der Waals surface area contributed by atoms with Crippen LogP contribution in [-0.2, 0) is 14.8 Å². The average Bonchev–Trinajstić information content (AvgIpc) is 2.49. The molecule has 1 amide bonds. The maximum absolute atomic E-state index is 12.8. The van der Waals surface area contributed by atoms with Crippen molar-refractivity contribution in [3.8, 4) is 5.75 Å². The summed E-state index contributed by atoms with van der Waals surface area (Å²) in [5.41, 5.74) is 0.658. The number of nitrogens with one attached hydrogen (secondary N) is 2. The minimum Gasteiger partial charge on any atom is -0.482 e. The second-order valence-corrected chi connectivity index (χ2v) is 6.29. The zero-order chi connectivity index (χ0) is 15.7. The molecule has 1 aliphatic heterocycles. The third-order valence-corrected chi connectivity index (χ3v) is 4.37. The fourth-order valence-electron chi connectivity index (χ4n) is 1.95. The van der Waals surface area contributed by atoms with Crippen molar-refractivity contribution in [2.24, 2.45) is 0 Å². The molecule has 0 fully saturated rings. The molecule has 0 aromatic heterocycles. The van der Waals surface area contributed by atoms with Crippen LogP contribution in [0.15, 0.2) is 47.4 Å². The molecule has 0 aliphatic carbocycles. The molecule has 0 spiro atoms. The molecule has 0 atom stereocenters. The van der Waals surface area contributed by atoms with Crippen molar-refractivity contribution < 1.29 is 22.3 Å². The molecule has 2 N–H and O–H groups in total. The van der Waals surface area contributed by atoms with Crippen LogP contribution in [0.4, 0.5) is 15.8 Å². The Morgan fingerprint density at radius 2 is 1.86 bits per heavy atom. The van der Waals surface area contributed by atoms with Crippen LogP contribution in [0.1, 0.15) is 0 Å². The third kappa shape index (κ3) is 2.86. The predicted octanol–water partition coefficient (Wildman–Crippen LogP) is 1.96. The second-order valence-electron chi connectivity index (χ2n) is 4.61. The van der Waals surface area contributed by atoms with E-state index in [1.54, 1.807) is 0 Å². The molecule has 1 aliphatic rings. The maximum atomic E-state index is 12.8. The van der Waals surface area contributed by atoms with Gasteiger partial charge < -0.3 is 10.1 Å². The Bertz CT molecular complexity index is 834. The Labute approximate surface area is 126 Å². The van der Waals surface area contributed by atoms with E-state index in [-0.39, 0.29) is 28.8 Å². The van der Waals surface area contributed by atoms with Gasteiger partial charge in [0.15, 0.2) is 6.61 Å². The molecule has 0 saturated heterocycles. The first-order chi connectivity index (χ1) is 10.4. The summed E-state index contributed by atoms with van der Waals surface area (Å²) in [6.45, 7) is -0.165. The molecule has 22 heavy (non-hydrogen) atoms. The van der Waals surface area contributed by atoms with Crippen molar-refractivity contribution in [2.75, 3.05) is 16.6 Å². The highest BCUT2D eigenvalue weighted by molar-refractivity contribution is 7.92. The van der Waals surface area contributed by atoms with E-state index in [4.69, 9.17) is 4.74 Å². The Balaban J connectivity index is 1.89. The van der Waals surface area contributed by atoms with Crippen LogP contribution in [0, 0.1) is 5.82 Å². The summed E-state index contributed by atoms with van der Waals surface area (Å²) in [5, 5.41) is 2.57. The number of rotatable bonds is 3. The molecule has 8 heteroatoms. The van der Waals surface area contributed by atoms with Gasteiger partial charge in [0.1, 0.15) is 11.6 Å². The van der Waals surface area contributed by atoms with Crippen LogP contribution in [0.2, 0.25) is 0 Å². The molecule has 2 aromatic rings. The summed E-state index contributed by atoms with van der Waals surface area (Å²) >= 11 is 0. The number of hydrogen-bond donors (Lipinski definition) is 2. The SMILES string of the molecule is O=C1COc2cc(S(=O)(=O)Nc3ccc(F)cc3)ccc2N1. The molecule has 1 heterocycles. The number of hydrogen-bond acceptors (Lipinski definition) is 4. The van der Waals surface area contributed by atoms with Crippen molar-refractivity contribution in [3.63, 3.8) is 0 Å². The summed E-state index contributed by atoms with van der Waals surface area (Å²) in [4.78, 5) is 11.2. The Morgan fingerprint density at radius 1 is 1.14 bits per heavy atom. The highest BCUT2D eigenvalue weighted by Gasteiger charge is 2.21. The van der Waals surface area contributed by atoms with Gasteiger partial charge in [-0.3, -0.25) is 9.52 Å². The fourth-order valence-corrected chi connectivity index (χ4v) is 3.03. The second kappa shape index (κ2) is 5.30. The monoisotopic (exact) mass is 322 g/mol. The number of amides is 1. The van der Waals surface area contributed by atoms with Gasteiger partial charge in [0.25, 0.3) is 15.9 Å². The normalized spacial score (nSPS) is 13.8. The number of halogens is 1. The van der Waals surface area contributed by atoms with Gasteiger partial charge in [0.05, 0.1) is 10.6 Å². The molecule has 0 saturated carbocycles. The van der Waals surface area contributed by atoms with Crippen LogP contribution in [0.25, 0.3) is 0 Å². The van der Waals surface area contributed by atoms with Gasteiger partial charge in [0, 0.05) is 11.8 Å². The number of anilines is 2. The number of carbonyl (C=O) groups is 1. The predicted molar refractivity (Wildman–Crippen MR) is 77.8 cm³/mol. The van der Waals surface area contributed by atoms with Gasteiger partial charge in [0.2, 0.25) is 0 Å². The molecule has 0 unspecified atom stereocenters. The Hall–Kier alpha value is -2.61. The van der Waals surface area contributed by atoms with Crippen molar-refractivity contribution in [1.29, 1.82) is 0 Å². The van der Waals surface area contributed by atoms with E-state index in [0.29, 0.717) is 5.69 Å². The lowest BCUT2D eigenvalue weighted by atomic mass is 10.2. The molecule has 0 bridgehead atoms. The minimum atomic E-state index is -3.84. The summed E-state index contributed by atoms with van der Waals surface area (Å²) in [6.07, 6.45) is 0. The van der Waals surface area contributed by atoms with E-state index < -0.39 is 15.8 Å². The van der Waals surface area contributed by atoms with Gasteiger partial charge in [-0.2, -0.15) is 0 Å². The van der Waals surface area contributed by atoms with Gasteiger partial charge >= 0.3 is 0 Å². The van der Waals surface area contributed by atoms with Crippen molar-refractivity contribution >= 4 is 27.3 Å². The van der Waals surface area contributed by atoms with Gasteiger partial charge in [-0.1, -0.05) is 0 Å². The highest BCUT2D eigenvalue weighted by atomic mass is 32.2. The third-order valence-electron chi connectivity index (χ3n) is 2.99. The quantitative estimate of drug-likeness (QED) is 0.904. The van der Waals surface area contributed by atoms with E-state index in [0.717, 1.165) is 12.1 Å². The maximum Gasteiger partial charge on any atom is 0.262 e. The highest BCUT2D eigenvalue weighted by Crippen LogP contribution is 2.30. The number of carbonyl (C=O) groups excluding carboxylic acids is 1. The summed E-state index contributed by atoms with van der Waals surface area (Å²) in [7, 11) is -3.84. The van der Waals surface area contributed by atoms with Gasteiger partial charge in [-0.15, -0.1) is 0 Å². The van der Waals surface area contributed by atoms with E-state index >= 15 is 0 Å². The number of benzene rings is 2. The fraction of sp³-hybridized carbons (Fsp3) is 0.0714. The van der Waals surface area contributed by atoms with Crippen molar-refractivity contribution in [1.82, 2.24) is 0 Å². The molecular formula is C14H11FN2O4S. The first kappa shape index (κ1) is 14.3. The number of ether oxygens (including phenoxy) is 1. The van der Waals surface area contributed by atoms with E-state index in [1.807, 2.05) is 0 Å². The van der Waals surface area contributed by atoms with E-state index in [1.165, 1.54) is 30.3 Å². The van der Waals surface area contributed by atoms with Gasteiger partial charge in [-0.05, 0) is 36.4 Å². The largest absolute Gasteiger partial charge is 0.482 e. The summed E-state index contributed by atoms with van der Waals surface area (Å²) in [5.74, 6) is -0.477. The van der Waals surface area contributed by atoms with Crippen LogP contribution in [0.3, 0.4) is 0 Å². The molecule has 0 radical (unpaired) electrons. The van der Waals surface area contributed by atoms with Crippen LogP contribution in [-0.4, -0.2) is 20.9 Å². The van der Waals surface area contributed by atoms with Gasteiger partial charge in [-0.25, -0.2) is 12.8 Å². The molecule has 114 valence electrons. The Morgan fingerprint density at radius 3 is 2.59 bits per heavy atom. The average molecular weight is 322 g/mol. The molecule has 6 nitrogen and oxygen atoms in total. The summed E-state index contributed by atoms with van der Waals surface area (Å²) in [6, 6.07) is 9.07. The van der Waals surface area contributed by atoms with E-state index in [9.17, 15) is 17.6 Å². The lowest BCUT2D eigenvalue weighted by Gasteiger charge is -2.18. The molecular weight excluding hydrogens is 311 g/mol. The van der Waals surface area contributed by atoms with E-state index in [2.05, 4.69) is 10.0 Å². The standard InChI is InChI=1S/C14H11FN2O4S/c15-9-1-3-10(4-2-9)17-22(19,20)11-5-6-12-13(7-11)21-8-14(18)16-12/h1-7,17H,8H2,(H,16,18). The van der Waals surface area contributed by atoms with Crippen molar-refractivity contribution in [2.45, 2.75) is 4.90 Å². The summed E-state index contributed by atoms with van der Waals surface area (Å²) < 4.78 is 44.9. The van der Waals surface area contributed by atoms with Crippen LogP contribution >= 0.6 is 0 Å². The topological polar surface area (TPSA) is 84.5 Å². The smallest absolute Gasteiger partial charge is 0.262 e. The number of fused-ring (bicyclic) bond motifs is 1. The zero-order valence-corrected chi connectivity index (χ0v) is 12.0. The minimum absolute atomic E-state index is 0.0216. The first-order valence-electron chi connectivity index (χ1n) is 6.29. The Kier molecular flexibility index (Phi) is 3.45. The molecule has 3 rings (SSSR count). The molecule has 2 aromatic carbocycles. The lowest BCUT2D eigenvalue weighted by molar-refractivity contribution is -0.118. The van der Waals surface area contributed by atoms with Crippen LogP contribution in [0.5, 0.6) is 5.75 Å². The number of sulfonamides is 1. The lowest BCUT2D eigenvalue weighted by Crippen LogP contribution is -2.25.